The smallest absolute Gasteiger partial charge is 0.0506 e. The summed E-state index contributed by atoms with van der Waals surface area (Å²) in [5.74, 6) is 1.69. The number of hydrogen-bond acceptors (Lipinski definition) is 2. The maximum Gasteiger partial charge on any atom is 0.0506 e. The van der Waals surface area contributed by atoms with Gasteiger partial charge in [-0.05, 0) is 44.1 Å². The van der Waals surface area contributed by atoms with Crippen LogP contribution < -0.4 is 5.32 Å². The fraction of sp³-hybridized carbons (Fsp3) is 1.00. The molecule has 0 radical (unpaired) electrons. The highest BCUT2D eigenvalue weighted by molar-refractivity contribution is 4.73. The van der Waals surface area contributed by atoms with Gasteiger partial charge >= 0.3 is 0 Å². The molecule has 0 aromatic heterocycles. The van der Waals surface area contributed by atoms with Gasteiger partial charge in [-0.2, -0.15) is 0 Å². The van der Waals surface area contributed by atoms with Crippen molar-refractivity contribution in [3.63, 3.8) is 0 Å². The van der Waals surface area contributed by atoms with Gasteiger partial charge in [-0.25, -0.2) is 0 Å². The molecular formula is C11H21NO. The lowest BCUT2D eigenvalue weighted by Gasteiger charge is -2.13. The third-order valence-electron chi connectivity index (χ3n) is 3.05. The minimum Gasteiger partial charge on any atom is -0.381 e. The Morgan fingerprint density at radius 3 is 2.69 bits per heavy atom. The third kappa shape index (κ3) is 3.65. The Balaban J connectivity index is 1.55. The van der Waals surface area contributed by atoms with Crippen LogP contribution in [-0.4, -0.2) is 26.3 Å². The van der Waals surface area contributed by atoms with E-state index in [1.54, 1.807) is 0 Å². The van der Waals surface area contributed by atoms with Crippen LogP contribution in [0.3, 0.4) is 0 Å². The lowest BCUT2D eigenvalue weighted by atomic mass is 10.1. The Morgan fingerprint density at radius 1 is 1.00 bits per heavy atom. The molecule has 0 aromatic rings. The van der Waals surface area contributed by atoms with Gasteiger partial charge in [-0.3, -0.25) is 0 Å². The first-order valence-electron chi connectivity index (χ1n) is 5.73. The average Bonchev–Trinajstić information content (AvgIpc) is 2.91. The number of hydrogen-bond donors (Lipinski definition) is 1. The summed E-state index contributed by atoms with van der Waals surface area (Å²) < 4.78 is 5.71. The van der Waals surface area contributed by atoms with Crippen molar-refractivity contribution in [2.75, 3.05) is 26.3 Å². The van der Waals surface area contributed by atoms with E-state index in [1.165, 1.54) is 45.2 Å². The summed E-state index contributed by atoms with van der Waals surface area (Å²) in [4.78, 5) is 0. The van der Waals surface area contributed by atoms with Crippen LogP contribution in [0.1, 0.15) is 32.1 Å². The molecule has 76 valence electrons. The number of nitrogens with one attached hydrogen (secondary N) is 1. The molecule has 0 amide bonds. The Bertz CT molecular complexity index is 137. The average molecular weight is 183 g/mol. The minimum absolute atomic E-state index is 0.779. The SMILES string of the molecule is C1CCC(COCC2CC2)CNC1. The lowest BCUT2D eigenvalue weighted by Crippen LogP contribution is -2.24. The Hall–Kier alpha value is -0.0800. The van der Waals surface area contributed by atoms with E-state index in [0.717, 1.165) is 25.0 Å². The molecule has 1 saturated heterocycles. The Labute approximate surface area is 81.0 Å². The largest absolute Gasteiger partial charge is 0.381 e. The van der Waals surface area contributed by atoms with Gasteiger partial charge in [0.15, 0.2) is 0 Å². The second-order valence-electron chi connectivity index (χ2n) is 4.55. The lowest BCUT2D eigenvalue weighted by molar-refractivity contribution is 0.0895. The van der Waals surface area contributed by atoms with Crippen LogP contribution in [0.4, 0.5) is 0 Å². The molecule has 2 aliphatic rings. The molecule has 2 heteroatoms. The quantitative estimate of drug-likeness (QED) is 0.717. The normalized spacial score (nSPS) is 30.0. The summed E-state index contributed by atoms with van der Waals surface area (Å²) in [6.07, 6.45) is 6.90. The van der Waals surface area contributed by atoms with Crippen LogP contribution in [0.5, 0.6) is 0 Å². The molecule has 0 aromatic carbocycles. The van der Waals surface area contributed by atoms with E-state index in [0.29, 0.717) is 0 Å². The summed E-state index contributed by atoms with van der Waals surface area (Å²) in [5, 5.41) is 3.47. The van der Waals surface area contributed by atoms with Crippen LogP contribution >= 0.6 is 0 Å². The second kappa shape index (κ2) is 4.97. The first-order chi connectivity index (χ1) is 6.45. The summed E-state index contributed by atoms with van der Waals surface area (Å²) in [6.45, 7) is 4.39. The molecule has 1 heterocycles. The van der Waals surface area contributed by atoms with Crippen LogP contribution in [-0.2, 0) is 4.74 Å². The fourth-order valence-electron chi connectivity index (χ4n) is 1.92. The summed E-state index contributed by atoms with van der Waals surface area (Å²) in [6, 6.07) is 0. The standard InChI is InChI=1S/C11H21NO/c1-2-6-12-7-11(3-1)9-13-8-10-4-5-10/h10-12H,1-9H2. The maximum atomic E-state index is 5.71. The van der Waals surface area contributed by atoms with Gasteiger partial charge in [-0.15, -0.1) is 0 Å². The summed E-state index contributed by atoms with van der Waals surface area (Å²) in [7, 11) is 0. The number of ether oxygens (including phenoxy) is 1. The Kier molecular flexibility index (Phi) is 3.62. The fourth-order valence-corrected chi connectivity index (χ4v) is 1.92. The molecule has 1 saturated carbocycles. The molecule has 13 heavy (non-hydrogen) atoms. The minimum atomic E-state index is 0.779. The van der Waals surface area contributed by atoms with Gasteiger partial charge in [0.25, 0.3) is 0 Å². The molecule has 2 nitrogen and oxygen atoms in total. The summed E-state index contributed by atoms with van der Waals surface area (Å²) in [5.41, 5.74) is 0. The van der Waals surface area contributed by atoms with E-state index in [9.17, 15) is 0 Å². The highest BCUT2D eigenvalue weighted by Crippen LogP contribution is 2.29. The molecule has 1 aliphatic heterocycles. The van der Waals surface area contributed by atoms with Crippen molar-refractivity contribution in [2.24, 2.45) is 11.8 Å². The van der Waals surface area contributed by atoms with Crippen LogP contribution in [0, 0.1) is 11.8 Å². The molecule has 1 atom stereocenters. The Morgan fingerprint density at radius 2 is 1.85 bits per heavy atom. The molecule has 1 unspecified atom stereocenters. The van der Waals surface area contributed by atoms with E-state index < -0.39 is 0 Å². The predicted molar refractivity (Wildman–Crippen MR) is 53.8 cm³/mol. The molecule has 2 rings (SSSR count). The van der Waals surface area contributed by atoms with Crippen molar-refractivity contribution >= 4 is 0 Å². The van der Waals surface area contributed by atoms with Crippen molar-refractivity contribution in [1.82, 2.24) is 5.32 Å². The first kappa shape index (κ1) is 9.47. The molecule has 1 aliphatic carbocycles. The predicted octanol–water partition coefficient (Wildman–Crippen LogP) is 1.80. The van der Waals surface area contributed by atoms with Gasteiger partial charge in [0.2, 0.25) is 0 Å². The van der Waals surface area contributed by atoms with Gasteiger partial charge in [0.1, 0.15) is 0 Å². The van der Waals surface area contributed by atoms with Crippen LogP contribution in [0.2, 0.25) is 0 Å². The van der Waals surface area contributed by atoms with Crippen LogP contribution in [0.15, 0.2) is 0 Å². The summed E-state index contributed by atoms with van der Waals surface area (Å²) >= 11 is 0. The zero-order valence-corrected chi connectivity index (χ0v) is 8.43. The molecule has 2 fully saturated rings. The van der Waals surface area contributed by atoms with Crippen molar-refractivity contribution in [1.29, 1.82) is 0 Å². The van der Waals surface area contributed by atoms with Crippen molar-refractivity contribution in [3.8, 4) is 0 Å². The van der Waals surface area contributed by atoms with Gasteiger partial charge < -0.3 is 10.1 Å². The van der Waals surface area contributed by atoms with Gasteiger partial charge in [0.05, 0.1) is 6.61 Å². The zero-order chi connectivity index (χ0) is 8.93. The first-order valence-corrected chi connectivity index (χ1v) is 5.73. The van der Waals surface area contributed by atoms with Crippen molar-refractivity contribution in [3.05, 3.63) is 0 Å². The second-order valence-corrected chi connectivity index (χ2v) is 4.55. The topological polar surface area (TPSA) is 21.3 Å². The van der Waals surface area contributed by atoms with Gasteiger partial charge in [-0.1, -0.05) is 6.42 Å². The molecule has 0 bridgehead atoms. The zero-order valence-electron chi connectivity index (χ0n) is 8.43. The molecule has 1 N–H and O–H groups in total. The van der Waals surface area contributed by atoms with E-state index in [2.05, 4.69) is 5.32 Å². The highest BCUT2D eigenvalue weighted by atomic mass is 16.5. The maximum absolute atomic E-state index is 5.71. The third-order valence-corrected chi connectivity index (χ3v) is 3.05. The van der Waals surface area contributed by atoms with Gasteiger partial charge in [0, 0.05) is 13.2 Å². The van der Waals surface area contributed by atoms with E-state index in [1.807, 2.05) is 0 Å². The highest BCUT2D eigenvalue weighted by Gasteiger charge is 2.21. The van der Waals surface area contributed by atoms with Crippen molar-refractivity contribution in [2.45, 2.75) is 32.1 Å². The van der Waals surface area contributed by atoms with Crippen molar-refractivity contribution < 1.29 is 4.74 Å². The molecule has 0 spiro atoms. The number of rotatable bonds is 4. The van der Waals surface area contributed by atoms with E-state index in [-0.39, 0.29) is 0 Å². The van der Waals surface area contributed by atoms with E-state index in [4.69, 9.17) is 4.74 Å². The van der Waals surface area contributed by atoms with Crippen LogP contribution in [0.25, 0.3) is 0 Å². The monoisotopic (exact) mass is 183 g/mol. The molecular weight excluding hydrogens is 162 g/mol. The van der Waals surface area contributed by atoms with E-state index >= 15 is 0 Å².